The van der Waals surface area contributed by atoms with Crippen molar-refractivity contribution in [2.45, 2.75) is 50.5 Å². The molecule has 0 saturated heterocycles. The molecule has 1 N–H and O–H groups in total. The monoisotopic (exact) mass is 281 g/mol. The summed E-state index contributed by atoms with van der Waals surface area (Å²) in [6, 6.07) is 0. The molecule has 104 valence electrons. The van der Waals surface area contributed by atoms with Gasteiger partial charge in [0.2, 0.25) is 0 Å². The van der Waals surface area contributed by atoms with Crippen LogP contribution in [0.25, 0.3) is 0 Å². The fraction of sp³-hybridized carbons (Fsp3) is 1.00. The van der Waals surface area contributed by atoms with Gasteiger partial charge in [0.1, 0.15) is 0 Å². The van der Waals surface area contributed by atoms with Crippen LogP contribution in [0, 0.1) is 0 Å². The average molecular weight is 281 g/mol. The predicted octanol–water partition coefficient (Wildman–Crippen LogP) is 2.32. The van der Waals surface area contributed by atoms with Crippen LogP contribution in [0.3, 0.4) is 0 Å². The Morgan fingerprint density at radius 1 is 1.24 bits per heavy atom. The normalized spacial score (nSPS) is 13.3. The van der Waals surface area contributed by atoms with Gasteiger partial charge in [0.25, 0.3) is 0 Å². The van der Waals surface area contributed by atoms with Crippen molar-refractivity contribution < 1.29 is 8.42 Å². The van der Waals surface area contributed by atoms with Crippen molar-refractivity contribution in [3.8, 4) is 0 Å². The van der Waals surface area contributed by atoms with E-state index in [0.29, 0.717) is 6.54 Å². The Morgan fingerprint density at radius 2 is 1.76 bits per heavy atom. The van der Waals surface area contributed by atoms with E-state index >= 15 is 0 Å². The van der Waals surface area contributed by atoms with Gasteiger partial charge in [-0.05, 0) is 32.9 Å². The van der Waals surface area contributed by atoms with Gasteiger partial charge < -0.3 is 5.32 Å². The molecule has 0 rings (SSSR count). The summed E-state index contributed by atoms with van der Waals surface area (Å²) in [7, 11) is -2.91. The minimum absolute atomic E-state index is 0.239. The summed E-state index contributed by atoms with van der Waals surface area (Å²) in [4.78, 5) is 0. The summed E-state index contributed by atoms with van der Waals surface area (Å²) in [5.74, 6) is 0.239. The second-order valence-electron chi connectivity index (χ2n) is 4.69. The van der Waals surface area contributed by atoms with Crippen LogP contribution < -0.4 is 5.32 Å². The quantitative estimate of drug-likeness (QED) is 0.659. The number of thioether (sulfide) groups is 1. The van der Waals surface area contributed by atoms with E-state index in [2.05, 4.69) is 25.4 Å². The maximum absolute atomic E-state index is 11.6. The Bertz CT molecular complexity index is 287. The molecule has 17 heavy (non-hydrogen) atoms. The molecule has 5 heteroatoms. The fourth-order valence-electron chi connectivity index (χ4n) is 1.63. The van der Waals surface area contributed by atoms with Gasteiger partial charge in [-0.1, -0.05) is 13.8 Å². The lowest BCUT2D eigenvalue weighted by atomic mass is 10.0. The molecule has 0 fully saturated rings. The molecular formula is C12H27NO2S2. The van der Waals surface area contributed by atoms with Crippen molar-refractivity contribution in [2.24, 2.45) is 0 Å². The van der Waals surface area contributed by atoms with E-state index in [4.69, 9.17) is 0 Å². The van der Waals surface area contributed by atoms with Crippen molar-refractivity contribution in [2.75, 3.05) is 25.1 Å². The lowest BCUT2D eigenvalue weighted by Crippen LogP contribution is -2.39. The molecule has 0 heterocycles. The molecule has 0 saturated carbocycles. The van der Waals surface area contributed by atoms with E-state index in [0.717, 1.165) is 19.4 Å². The molecule has 0 radical (unpaired) electrons. The highest BCUT2D eigenvalue weighted by atomic mass is 32.2. The highest BCUT2D eigenvalue weighted by Crippen LogP contribution is 2.29. The molecular weight excluding hydrogens is 254 g/mol. The first-order valence-corrected chi connectivity index (χ1v) is 9.25. The molecule has 0 aromatic heterocycles. The third-order valence-corrected chi connectivity index (χ3v) is 7.25. The summed E-state index contributed by atoms with van der Waals surface area (Å²) in [6.07, 6.45) is 4.34. The van der Waals surface area contributed by atoms with Crippen LogP contribution in [-0.2, 0) is 9.84 Å². The van der Waals surface area contributed by atoms with E-state index in [1.54, 1.807) is 13.8 Å². The number of sulfone groups is 1. The van der Waals surface area contributed by atoms with E-state index in [9.17, 15) is 8.42 Å². The molecule has 3 nitrogen and oxygen atoms in total. The predicted molar refractivity (Wildman–Crippen MR) is 78.6 cm³/mol. The summed E-state index contributed by atoms with van der Waals surface area (Å²) in [5.41, 5.74) is 0. The topological polar surface area (TPSA) is 46.2 Å². The molecule has 0 atom stereocenters. The van der Waals surface area contributed by atoms with Gasteiger partial charge >= 0.3 is 0 Å². The van der Waals surface area contributed by atoms with E-state index in [1.165, 1.54) is 0 Å². The van der Waals surface area contributed by atoms with Gasteiger partial charge in [0.15, 0.2) is 9.84 Å². The Hall–Kier alpha value is 0.260. The molecule has 0 aromatic rings. The Labute approximate surface area is 111 Å². The highest BCUT2D eigenvalue weighted by Gasteiger charge is 2.24. The number of hydrogen-bond donors (Lipinski definition) is 1. The van der Waals surface area contributed by atoms with Crippen molar-refractivity contribution in [3.63, 3.8) is 0 Å². The number of hydrogen-bond acceptors (Lipinski definition) is 4. The summed E-state index contributed by atoms with van der Waals surface area (Å²) in [5, 5.41) is 3.02. The maximum atomic E-state index is 11.6. The van der Waals surface area contributed by atoms with Gasteiger partial charge in [-0.15, -0.1) is 0 Å². The van der Waals surface area contributed by atoms with Gasteiger partial charge in [-0.2, -0.15) is 11.8 Å². The van der Waals surface area contributed by atoms with Crippen LogP contribution in [0.4, 0.5) is 0 Å². The lowest BCUT2D eigenvalue weighted by Gasteiger charge is -2.30. The van der Waals surface area contributed by atoms with E-state index in [-0.39, 0.29) is 15.7 Å². The minimum Gasteiger partial charge on any atom is -0.314 e. The molecule has 0 bridgehead atoms. The molecule has 0 amide bonds. The molecule has 0 aliphatic carbocycles. The average Bonchev–Trinajstić information content (AvgIpc) is 2.30. The fourth-order valence-corrected chi connectivity index (χ4v) is 3.35. The SMILES string of the molecule is CCC(CC)(CNCCS(=O)(=O)C(C)C)SC. The lowest BCUT2D eigenvalue weighted by molar-refractivity contribution is 0.501. The molecule has 0 spiro atoms. The first-order chi connectivity index (χ1) is 7.83. The molecule has 0 unspecified atom stereocenters. The zero-order valence-corrected chi connectivity index (χ0v) is 13.4. The van der Waals surface area contributed by atoms with Crippen LogP contribution in [-0.4, -0.2) is 43.5 Å². The van der Waals surface area contributed by atoms with Gasteiger partial charge in [0, 0.05) is 17.8 Å². The van der Waals surface area contributed by atoms with E-state index < -0.39 is 9.84 Å². The number of rotatable bonds is 9. The maximum Gasteiger partial charge on any atom is 0.153 e. The Morgan fingerprint density at radius 3 is 2.12 bits per heavy atom. The van der Waals surface area contributed by atoms with Crippen molar-refractivity contribution in [3.05, 3.63) is 0 Å². The minimum atomic E-state index is -2.91. The van der Waals surface area contributed by atoms with Gasteiger partial charge in [0.05, 0.1) is 11.0 Å². The van der Waals surface area contributed by atoms with Crippen LogP contribution in [0.5, 0.6) is 0 Å². The first-order valence-electron chi connectivity index (χ1n) is 6.31. The molecule has 0 aliphatic heterocycles. The van der Waals surface area contributed by atoms with Gasteiger partial charge in [-0.3, -0.25) is 0 Å². The summed E-state index contributed by atoms with van der Waals surface area (Å²) in [6.45, 7) is 9.29. The van der Waals surface area contributed by atoms with Crippen LogP contribution in [0.1, 0.15) is 40.5 Å². The van der Waals surface area contributed by atoms with Crippen LogP contribution in [0.15, 0.2) is 0 Å². The van der Waals surface area contributed by atoms with Crippen molar-refractivity contribution in [1.82, 2.24) is 5.32 Å². The highest BCUT2D eigenvalue weighted by molar-refractivity contribution is 8.00. The second-order valence-corrected chi connectivity index (χ2v) is 8.64. The second kappa shape index (κ2) is 7.64. The first kappa shape index (κ1) is 17.3. The zero-order chi connectivity index (χ0) is 13.5. The van der Waals surface area contributed by atoms with Crippen molar-refractivity contribution in [1.29, 1.82) is 0 Å². The van der Waals surface area contributed by atoms with Crippen molar-refractivity contribution >= 4 is 21.6 Å². The Kier molecular flexibility index (Phi) is 7.76. The molecule has 0 aromatic carbocycles. The molecule has 0 aliphatic rings. The third kappa shape index (κ3) is 5.62. The zero-order valence-electron chi connectivity index (χ0n) is 11.7. The number of nitrogens with one attached hydrogen (secondary N) is 1. The summed E-state index contributed by atoms with van der Waals surface area (Å²) >= 11 is 1.87. The largest absolute Gasteiger partial charge is 0.314 e. The standard InChI is InChI=1S/C12H27NO2S2/c1-6-12(7-2,16-5)10-13-8-9-17(14,15)11(3)4/h11,13H,6-10H2,1-5H3. The Balaban J connectivity index is 4.08. The summed E-state index contributed by atoms with van der Waals surface area (Å²) < 4.78 is 23.5. The third-order valence-electron chi connectivity index (χ3n) is 3.45. The van der Waals surface area contributed by atoms with Gasteiger partial charge in [-0.25, -0.2) is 8.42 Å². The van der Waals surface area contributed by atoms with Crippen LogP contribution >= 0.6 is 11.8 Å². The smallest absolute Gasteiger partial charge is 0.153 e. The van der Waals surface area contributed by atoms with Crippen LogP contribution in [0.2, 0.25) is 0 Å². The van der Waals surface area contributed by atoms with E-state index in [1.807, 2.05) is 11.8 Å².